The van der Waals surface area contributed by atoms with Gasteiger partial charge >= 0.3 is 6.09 Å². The number of nitrogens with zero attached hydrogens (tertiary/aromatic N) is 1. The van der Waals surface area contributed by atoms with Crippen LogP contribution in [0.3, 0.4) is 0 Å². The van der Waals surface area contributed by atoms with Crippen molar-refractivity contribution in [2.24, 2.45) is 5.84 Å². The smallest absolute Gasteiger partial charge is 0.421 e. The van der Waals surface area contributed by atoms with Crippen LogP contribution < -0.4 is 5.84 Å². The minimum absolute atomic E-state index is 0.106. The summed E-state index contributed by atoms with van der Waals surface area (Å²) >= 11 is 0. The number of rotatable bonds is 3. The standard InChI is InChI=1S/C8H10N2O5S/c9-10(8(11)12)5-6-3-1-2-4-7(6)16(13,14)15/h1-4H,5,9H2,(H,11,12)(H,13,14,15). The van der Waals surface area contributed by atoms with E-state index in [-0.39, 0.29) is 17.0 Å². The van der Waals surface area contributed by atoms with Gasteiger partial charge < -0.3 is 5.11 Å². The number of carboxylic acid groups (broad SMARTS) is 1. The predicted molar refractivity (Wildman–Crippen MR) is 54.0 cm³/mol. The molecule has 0 aliphatic rings. The molecule has 7 nitrogen and oxygen atoms in total. The molecule has 0 radical (unpaired) electrons. The molecular formula is C8H10N2O5S. The fraction of sp³-hybridized carbons (Fsp3) is 0.125. The van der Waals surface area contributed by atoms with Crippen molar-refractivity contribution in [2.75, 3.05) is 0 Å². The molecule has 8 heteroatoms. The van der Waals surface area contributed by atoms with E-state index in [4.69, 9.17) is 15.5 Å². The largest absolute Gasteiger partial charge is 0.464 e. The summed E-state index contributed by atoms with van der Waals surface area (Å²) in [4.78, 5) is 10.1. The van der Waals surface area contributed by atoms with E-state index in [2.05, 4.69) is 0 Å². The first kappa shape index (κ1) is 12.4. The van der Waals surface area contributed by atoms with E-state index in [1.807, 2.05) is 0 Å². The fourth-order valence-electron chi connectivity index (χ4n) is 1.14. The third-order valence-corrected chi connectivity index (χ3v) is 2.79. The van der Waals surface area contributed by atoms with E-state index in [9.17, 15) is 13.2 Å². The Kier molecular flexibility index (Phi) is 3.48. The van der Waals surface area contributed by atoms with Gasteiger partial charge in [-0.1, -0.05) is 18.2 Å². The van der Waals surface area contributed by atoms with Crippen LogP contribution in [0.15, 0.2) is 29.2 Å². The molecule has 0 fully saturated rings. The molecule has 0 aliphatic carbocycles. The molecule has 0 saturated heterocycles. The molecule has 0 aromatic heterocycles. The van der Waals surface area contributed by atoms with Gasteiger partial charge in [0.1, 0.15) is 0 Å². The van der Waals surface area contributed by atoms with E-state index in [1.54, 1.807) is 0 Å². The van der Waals surface area contributed by atoms with Crippen molar-refractivity contribution in [3.63, 3.8) is 0 Å². The molecule has 1 rings (SSSR count). The summed E-state index contributed by atoms with van der Waals surface area (Å²) in [5.41, 5.74) is 0.106. The molecule has 0 atom stereocenters. The van der Waals surface area contributed by atoms with Crippen molar-refractivity contribution in [2.45, 2.75) is 11.4 Å². The Morgan fingerprint density at radius 1 is 1.38 bits per heavy atom. The highest BCUT2D eigenvalue weighted by molar-refractivity contribution is 7.85. The van der Waals surface area contributed by atoms with Crippen LogP contribution >= 0.6 is 0 Å². The van der Waals surface area contributed by atoms with E-state index < -0.39 is 16.2 Å². The van der Waals surface area contributed by atoms with Gasteiger partial charge in [-0.05, 0) is 11.6 Å². The summed E-state index contributed by atoms with van der Waals surface area (Å²) in [5.74, 6) is 5.12. The summed E-state index contributed by atoms with van der Waals surface area (Å²) in [6, 6.07) is 5.46. The Balaban J connectivity index is 3.10. The molecule has 1 aromatic rings. The molecule has 88 valence electrons. The lowest BCUT2D eigenvalue weighted by Gasteiger charge is -2.14. The molecule has 0 saturated carbocycles. The summed E-state index contributed by atoms with van der Waals surface area (Å²) in [5, 5.41) is 8.95. The topological polar surface area (TPSA) is 121 Å². The molecular weight excluding hydrogens is 236 g/mol. The zero-order chi connectivity index (χ0) is 12.3. The summed E-state index contributed by atoms with van der Waals surface area (Å²) in [6.45, 7) is -0.328. The third kappa shape index (κ3) is 2.92. The minimum atomic E-state index is -4.38. The molecule has 16 heavy (non-hydrogen) atoms. The molecule has 0 bridgehead atoms. The summed E-state index contributed by atoms with van der Waals surface area (Å²) in [7, 11) is -4.38. The Labute approximate surface area is 91.8 Å². The molecule has 1 amide bonds. The Morgan fingerprint density at radius 2 is 1.94 bits per heavy atom. The van der Waals surface area contributed by atoms with Crippen LogP contribution in [0.4, 0.5) is 4.79 Å². The molecule has 0 aliphatic heterocycles. The highest BCUT2D eigenvalue weighted by atomic mass is 32.2. The number of hydrogen-bond donors (Lipinski definition) is 3. The van der Waals surface area contributed by atoms with E-state index in [0.29, 0.717) is 5.01 Å². The van der Waals surface area contributed by atoms with Gasteiger partial charge in [0, 0.05) is 0 Å². The number of amides is 1. The van der Waals surface area contributed by atoms with Gasteiger partial charge in [-0.2, -0.15) is 8.42 Å². The summed E-state index contributed by atoms with van der Waals surface area (Å²) < 4.78 is 30.8. The highest BCUT2D eigenvalue weighted by Crippen LogP contribution is 2.15. The lowest BCUT2D eigenvalue weighted by Crippen LogP contribution is -2.35. The van der Waals surface area contributed by atoms with Crippen LogP contribution in [0.5, 0.6) is 0 Å². The van der Waals surface area contributed by atoms with Gasteiger partial charge in [0.05, 0.1) is 11.4 Å². The molecule has 0 unspecified atom stereocenters. The zero-order valence-electron chi connectivity index (χ0n) is 8.07. The molecule has 1 aromatic carbocycles. The Hall–Kier alpha value is -1.64. The number of carbonyl (C=O) groups is 1. The quantitative estimate of drug-likeness (QED) is 0.305. The van der Waals surface area contributed by atoms with Crippen LogP contribution in [0.1, 0.15) is 5.56 Å². The van der Waals surface area contributed by atoms with Gasteiger partial charge in [0.15, 0.2) is 0 Å². The fourth-order valence-corrected chi connectivity index (χ4v) is 1.85. The SMILES string of the molecule is NN(Cc1ccccc1S(=O)(=O)O)C(=O)O. The second-order valence-corrected chi connectivity index (χ2v) is 4.38. The first-order valence-corrected chi connectivity index (χ1v) is 5.57. The van der Waals surface area contributed by atoms with Crippen LogP contribution in [-0.4, -0.2) is 29.2 Å². The van der Waals surface area contributed by atoms with Crippen molar-refractivity contribution < 1.29 is 22.9 Å². The van der Waals surface area contributed by atoms with Gasteiger partial charge in [0.2, 0.25) is 0 Å². The molecule has 4 N–H and O–H groups in total. The van der Waals surface area contributed by atoms with E-state index >= 15 is 0 Å². The van der Waals surface area contributed by atoms with Crippen molar-refractivity contribution in [3.8, 4) is 0 Å². The van der Waals surface area contributed by atoms with Crippen LogP contribution in [0, 0.1) is 0 Å². The van der Waals surface area contributed by atoms with Crippen molar-refractivity contribution in [1.29, 1.82) is 0 Å². The highest BCUT2D eigenvalue weighted by Gasteiger charge is 2.17. The zero-order valence-corrected chi connectivity index (χ0v) is 8.88. The monoisotopic (exact) mass is 246 g/mol. The maximum atomic E-state index is 11.0. The average Bonchev–Trinajstić information content (AvgIpc) is 2.16. The number of hydrazine groups is 1. The lowest BCUT2D eigenvalue weighted by molar-refractivity contribution is 0.142. The first-order valence-electron chi connectivity index (χ1n) is 4.13. The van der Waals surface area contributed by atoms with Crippen molar-refractivity contribution in [1.82, 2.24) is 5.01 Å². The maximum Gasteiger partial charge on any atom is 0.421 e. The number of benzene rings is 1. The van der Waals surface area contributed by atoms with Crippen molar-refractivity contribution >= 4 is 16.2 Å². The minimum Gasteiger partial charge on any atom is -0.464 e. The van der Waals surface area contributed by atoms with E-state index in [1.165, 1.54) is 24.3 Å². The Bertz CT molecular complexity index is 499. The van der Waals surface area contributed by atoms with E-state index in [0.717, 1.165) is 0 Å². The average molecular weight is 246 g/mol. The predicted octanol–water partition coefficient (Wildman–Crippen LogP) is 0.287. The van der Waals surface area contributed by atoms with Crippen LogP contribution in [0.2, 0.25) is 0 Å². The van der Waals surface area contributed by atoms with Crippen LogP contribution in [-0.2, 0) is 16.7 Å². The maximum absolute atomic E-state index is 11.0. The molecule has 0 heterocycles. The lowest BCUT2D eigenvalue weighted by atomic mass is 10.2. The summed E-state index contributed by atoms with van der Waals surface area (Å²) in [6.07, 6.45) is -1.40. The third-order valence-electron chi connectivity index (χ3n) is 1.84. The van der Waals surface area contributed by atoms with Crippen molar-refractivity contribution in [3.05, 3.63) is 29.8 Å². The first-order chi connectivity index (χ1) is 7.32. The van der Waals surface area contributed by atoms with Gasteiger partial charge in [-0.3, -0.25) is 4.55 Å². The Morgan fingerprint density at radius 3 is 2.44 bits per heavy atom. The number of hydrogen-bond acceptors (Lipinski definition) is 4. The normalized spacial score (nSPS) is 11.1. The van der Waals surface area contributed by atoms with Crippen LogP contribution in [0.25, 0.3) is 0 Å². The van der Waals surface area contributed by atoms with Gasteiger partial charge in [-0.25, -0.2) is 15.6 Å². The second-order valence-electron chi connectivity index (χ2n) is 2.99. The molecule has 0 spiro atoms. The van der Waals surface area contributed by atoms with Gasteiger partial charge in [0.25, 0.3) is 10.1 Å². The van der Waals surface area contributed by atoms with Gasteiger partial charge in [-0.15, -0.1) is 0 Å². The second kappa shape index (κ2) is 4.47. The number of nitrogens with two attached hydrogens (primary N) is 1.